The molecule has 1 saturated heterocycles. The molecule has 1 aromatic carbocycles. The molecule has 6 heteroatoms. The molecule has 0 radical (unpaired) electrons. The van der Waals surface area contributed by atoms with Crippen LogP contribution < -0.4 is 5.32 Å². The Labute approximate surface area is 147 Å². The summed E-state index contributed by atoms with van der Waals surface area (Å²) in [5, 5.41) is 6.74. The molecule has 1 N–H and O–H groups in total. The van der Waals surface area contributed by atoms with Crippen LogP contribution in [0.3, 0.4) is 0 Å². The number of aryl methyl sites for hydroxylation is 1. The van der Waals surface area contributed by atoms with Gasteiger partial charge in [0.05, 0.1) is 11.7 Å². The highest BCUT2D eigenvalue weighted by Crippen LogP contribution is 2.19. The monoisotopic (exact) mass is 341 g/mol. The lowest BCUT2D eigenvalue weighted by Crippen LogP contribution is -2.40. The fraction of sp³-hybridized carbons (Fsp3) is 0.421. The zero-order valence-electron chi connectivity index (χ0n) is 14.4. The lowest BCUT2D eigenvalue weighted by atomic mass is 10.1. The van der Waals surface area contributed by atoms with E-state index in [0.29, 0.717) is 18.7 Å². The van der Waals surface area contributed by atoms with E-state index in [-0.39, 0.29) is 23.6 Å². The van der Waals surface area contributed by atoms with Crippen molar-refractivity contribution in [3.8, 4) is 0 Å². The van der Waals surface area contributed by atoms with E-state index >= 15 is 0 Å². The summed E-state index contributed by atoms with van der Waals surface area (Å²) in [6.07, 6.45) is 3.59. The molecule has 25 heavy (non-hydrogen) atoms. The molecule has 2 heterocycles. The number of nitrogens with zero attached hydrogens (tertiary/aromatic N) is 2. The van der Waals surface area contributed by atoms with Gasteiger partial charge in [-0.1, -0.05) is 41.9 Å². The zero-order chi connectivity index (χ0) is 17.6. The second kappa shape index (κ2) is 7.96. The third-order valence-corrected chi connectivity index (χ3v) is 4.43. The quantitative estimate of drug-likeness (QED) is 0.907. The van der Waals surface area contributed by atoms with Crippen LogP contribution in [0.1, 0.15) is 53.5 Å². The fourth-order valence-electron chi connectivity index (χ4n) is 3.07. The number of hydrogen-bond donors (Lipinski definition) is 1. The minimum absolute atomic E-state index is 0.156. The minimum Gasteiger partial charge on any atom is -0.351 e. The summed E-state index contributed by atoms with van der Waals surface area (Å²) >= 11 is 0. The van der Waals surface area contributed by atoms with Crippen molar-refractivity contribution in [1.82, 2.24) is 15.4 Å². The van der Waals surface area contributed by atoms with Gasteiger partial charge in [-0.15, -0.1) is 0 Å². The average Bonchev–Trinajstić information content (AvgIpc) is 2.96. The van der Waals surface area contributed by atoms with Gasteiger partial charge >= 0.3 is 0 Å². The Hall–Kier alpha value is -2.63. The first-order chi connectivity index (χ1) is 12.1. The Morgan fingerprint density at radius 2 is 2.08 bits per heavy atom. The van der Waals surface area contributed by atoms with Crippen LogP contribution in [-0.4, -0.2) is 35.0 Å². The van der Waals surface area contributed by atoms with Crippen molar-refractivity contribution in [3.63, 3.8) is 0 Å². The minimum atomic E-state index is -0.322. The van der Waals surface area contributed by atoms with E-state index in [9.17, 15) is 9.59 Å². The Morgan fingerprint density at radius 1 is 1.28 bits per heavy atom. The first-order valence-electron chi connectivity index (χ1n) is 8.70. The fourth-order valence-corrected chi connectivity index (χ4v) is 3.07. The first-order valence-corrected chi connectivity index (χ1v) is 8.70. The largest absolute Gasteiger partial charge is 0.351 e. The van der Waals surface area contributed by atoms with Crippen molar-refractivity contribution in [3.05, 3.63) is 53.4 Å². The Kier molecular flexibility index (Phi) is 5.48. The van der Waals surface area contributed by atoms with Crippen LogP contribution in [0.25, 0.3) is 0 Å². The van der Waals surface area contributed by atoms with Gasteiger partial charge < -0.3 is 14.7 Å². The summed E-state index contributed by atoms with van der Waals surface area (Å²) in [6.45, 7) is 2.96. The lowest BCUT2D eigenvalue weighted by Gasteiger charge is -2.27. The van der Waals surface area contributed by atoms with Crippen LogP contribution in [0.15, 0.2) is 40.9 Å². The third-order valence-electron chi connectivity index (χ3n) is 4.43. The summed E-state index contributed by atoms with van der Waals surface area (Å²) in [5.74, 6) is 0.0144. The topological polar surface area (TPSA) is 75.4 Å². The molecule has 0 saturated carbocycles. The standard InChI is InChI=1S/C19H23N3O3/c1-14-12-17(25-21-14)19(24)20-16(15-8-4-2-5-9-15)13-22-11-7-3-6-10-18(22)23/h2,4-5,8-9,12,16H,3,6-7,10-11,13H2,1H3,(H,20,24)/t16-/m1/s1. The maximum atomic E-state index is 12.5. The van der Waals surface area contributed by atoms with Crippen molar-refractivity contribution in [2.24, 2.45) is 0 Å². The van der Waals surface area contributed by atoms with Crippen LogP contribution in [0.2, 0.25) is 0 Å². The van der Waals surface area contributed by atoms with Gasteiger partial charge in [-0.05, 0) is 25.3 Å². The van der Waals surface area contributed by atoms with E-state index < -0.39 is 0 Å². The molecule has 1 atom stereocenters. The van der Waals surface area contributed by atoms with E-state index in [1.165, 1.54) is 0 Å². The molecular formula is C19H23N3O3. The van der Waals surface area contributed by atoms with Crippen LogP contribution in [0.4, 0.5) is 0 Å². The molecule has 2 amide bonds. The zero-order valence-corrected chi connectivity index (χ0v) is 14.4. The van der Waals surface area contributed by atoms with Crippen molar-refractivity contribution in [1.29, 1.82) is 0 Å². The Morgan fingerprint density at radius 3 is 2.80 bits per heavy atom. The summed E-state index contributed by atoms with van der Waals surface area (Å²) in [6, 6.07) is 11.0. The van der Waals surface area contributed by atoms with Gasteiger partial charge in [-0.25, -0.2) is 0 Å². The van der Waals surface area contributed by atoms with Gasteiger partial charge in [0, 0.05) is 25.6 Å². The number of carbonyl (C=O) groups is 2. The first kappa shape index (κ1) is 17.2. The number of carbonyl (C=O) groups excluding carboxylic acids is 2. The number of nitrogens with one attached hydrogen (secondary N) is 1. The molecule has 0 bridgehead atoms. The number of rotatable bonds is 5. The van der Waals surface area contributed by atoms with Crippen LogP contribution in [0.5, 0.6) is 0 Å². The predicted octanol–water partition coefficient (Wildman–Crippen LogP) is 2.86. The molecule has 1 aliphatic rings. The van der Waals surface area contributed by atoms with Crippen molar-refractivity contribution < 1.29 is 14.1 Å². The van der Waals surface area contributed by atoms with Crippen molar-refractivity contribution >= 4 is 11.8 Å². The smallest absolute Gasteiger partial charge is 0.290 e. The van der Waals surface area contributed by atoms with Crippen LogP contribution in [0, 0.1) is 6.92 Å². The van der Waals surface area contributed by atoms with Gasteiger partial charge in [-0.2, -0.15) is 0 Å². The van der Waals surface area contributed by atoms with E-state index in [4.69, 9.17) is 4.52 Å². The number of benzene rings is 1. The number of aromatic nitrogens is 1. The van der Waals surface area contributed by atoms with Crippen molar-refractivity contribution in [2.45, 2.75) is 38.6 Å². The number of amides is 2. The molecule has 1 aliphatic heterocycles. The molecule has 132 valence electrons. The maximum Gasteiger partial charge on any atom is 0.290 e. The molecule has 0 unspecified atom stereocenters. The van der Waals surface area contributed by atoms with Gasteiger partial charge in [0.15, 0.2) is 0 Å². The molecule has 1 aromatic heterocycles. The second-order valence-electron chi connectivity index (χ2n) is 6.42. The highest BCUT2D eigenvalue weighted by molar-refractivity contribution is 5.91. The van der Waals surface area contributed by atoms with Gasteiger partial charge in [-0.3, -0.25) is 9.59 Å². The number of likely N-dealkylation sites (tertiary alicyclic amines) is 1. The van der Waals surface area contributed by atoms with E-state index in [1.54, 1.807) is 13.0 Å². The van der Waals surface area contributed by atoms with Crippen LogP contribution >= 0.6 is 0 Å². The van der Waals surface area contributed by atoms with Crippen molar-refractivity contribution in [2.75, 3.05) is 13.1 Å². The Balaban J connectivity index is 1.77. The average molecular weight is 341 g/mol. The highest BCUT2D eigenvalue weighted by Gasteiger charge is 2.24. The van der Waals surface area contributed by atoms with Gasteiger partial charge in [0.1, 0.15) is 0 Å². The Bertz CT molecular complexity index is 727. The molecule has 1 fully saturated rings. The maximum absolute atomic E-state index is 12.5. The predicted molar refractivity (Wildman–Crippen MR) is 92.9 cm³/mol. The molecule has 2 aromatic rings. The summed E-state index contributed by atoms with van der Waals surface area (Å²) < 4.78 is 5.05. The SMILES string of the molecule is Cc1cc(C(=O)N[C@H](CN2CCCCCC2=O)c2ccccc2)on1. The van der Waals surface area contributed by atoms with E-state index in [1.807, 2.05) is 35.2 Å². The van der Waals surface area contributed by atoms with E-state index in [0.717, 1.165) is 31.4 Å². The molecule has 6 nitrogen and oxygen atoms in total. The molecule has 3 rings (SSSR count). The lowest BCUT2D eigenvalue weighted by molar-refractivity contribution is -0.131. The second-order valence-corrected chi connectivity index (χ2v) is 6.42. The third kappa shape index (κ3) is 4.47. The summed E-state index contributed by atoms with van der Waals surface area (Å²) in [5.41, 5.74) is 1.62. The molecular weight excluding hydrogens is 318 g/mol. The molecule has 0 aliphatic carbocycles. The molecule has 0 spiro atoms. The normalized spacial score (nSPS) is 16.4. The highest BCUT2D eigenvalue weighted by atomic mass is 16.5. The number of hydrogen-bond acceptors (Lipinski definition) is 4. The van der Waals surface area contributed by atoms with Gasteiger partial charge in [0.25, 0.3) is 5.91 Å². The van der Waals surface area contributed by atoms with Gasteiger partial charge in [0.2, 0.25) is 11.7 Å². The van der Waals surface area contributed by atoms with Crippen LogP contribution in [-0.2, 0) is 4.79 Å². The summed E-state index contributed by atoms with van der Waals surface area (Å²) in [4.78, 5) is 26.7. The van der Waals surface area contributed by atoms with E-state index in [2.05, 4.69) is 10.5 Å². The summed E-state index contributed by atoms with van der Waals surface area (Å²) in [7, 11) is 0.